The molecule has 0 saturated carbocycles. The van der Waals surface area contributed by atoms with Crippen molar-refractivity contribution in [2.75, 3.05) is 26.1 Å². The fourth-order valence-electron chi connectivity index (χ4n) is 1.42. The lowest BCUT2D eigenvalue weighted by Gasteiger charge is -2.12. The molecule has 1 rings (SSSR count). The van der Waals surface area contributed by atoms with Crippen LogP contribution in [0.1, 0.15) is 13.8 Å². The Kier molecular flexibility index (Phi) is 5.30. The van der Waals surface area contributed by atoms with E-state index >= 15 is 0 Å². The molecule has 0 saturated heterocycles. The van der Waals surface area contributed by atoms with E-state index in [0.29, 0.717) is 11.5 Å². The molecular formula is C13H19NO4. The van der Waals surface area contributed by atoms with E-state index in [1.165, 1.54) is 0 Å². The third kappa shape index (κ3) is 4.16. The summed E-state index contributed by atoms with van der Waals surface area (Å²) < 4.78 is 15.3. The number of carbonyl (C=O) groups is 1. The monoisotopic (exact) mass is 253 g/mol. The highest BCUT2D eigenvalue weighted by Crippen LogP contribution is 2.29. The molecule has 1 aromatic carbocycles. The first-order chi connectivity index (χ1) is 8.56. The van der Waals surface area contributed by atoms with Gasteiger partial charge in [0.1, 0.15) is 6.54 Å². The lowest BCUT2D eigenvalue weighted by atomic mass is 10.2. The fraction of sp³-hybridized carbons (Fsp3) is 0.462. The number of carbonyl (C=O) groups excluding carboxylic acids is 1. The highest BCUT2D eigenvalue weighted by molar-refractivity contribution is 5.75. The molecule has 5 nitrogen and oxygen atoms in total. The normalized spacial score (nSPS) is 10.1. The minimum absolute atomic E-state index is 0.107. The molecule has 1 N–H and O–H groups in total. The van der Waals surface area contributed by atoms with Gasteiger partial charge in [0.25, 0.3) is 0 Å². The Morgan fingerprint density at radius 2 is 1.89 bits per heavy atom. The van der Waals surface area contributed by atoms with Crippen LogP contribution in [0.2, 0.25) is 0 Å². The van der Waals surface area contributed by atoms with Gasteiger partial charge in [-0.05, 0) is 26.0 Å². The second-order valence-corrected chi connectivity index (χ2v) is 3.96. The van der Waals surface area contributed by atoms with Crippen LogP contribution in [0, 0.1) is 0 Å². The summed E-state index contributed by atoms with van der Waals surface area (Å²) in [6, 6.07) is 5.35. The van der Waals surface area contributed by atoms with Crippen molar-refractivity contribution in [1.29, 1.82) is 0 Å². The van der Waals surface area contributed by atoms with Crippen LogP contribution in [-0.4, -0.2) is 32.8 Å². The van der Waals surface area contributed by atoms with Crippen LogP contribution in [0.5, 0.6) is 11.5 Å². The van der Waals surface area contributed by atoms with Crippen LogP contribution in [-0.2, 0) is 9.53 Å². The van der Waals surface area contributed by atoms with Crippen molar-refractivity contribution in [1.82, 2.24) is 0 Å². The predicted octanol–water partition coefficient (Wildman–Crippen LogP) is 2.07. The molecule has 0 fully saturated rings. The van der Waals surface area contributed by atoms with Gasteiger partial charge in [0.05, 0.1) is 20.3 Å². The van der Waals surface area contributed by atoms with Gasteiger partial charge in [-0.3, -0.25) is 4.79 Å². The minimum Gasteiger partial charge on any atom is -0.493 e. The molecule has 0 aliphatic carbocycles. The largest absolute Gasteiger partial charge is 0.493 e. The first-order valence-electron chi connectivity index (χ1n) is 5.72. The van der Waals surface area contributed by atoms with Gasteiger partial charge < -0.3 is 19.5 Å². The number of benzene rings is 1. The second kappa shape index (κ2) is 6.74. The Morgan fingerprint density at radius 3 is 2.44 bits per heavy atom. The fourth-order valence-corrected chi connectivity index (χ4v) is 1.42. The number of methoxy groups -OCH3 is 2. The number of hydrogen-bond donors (Lipinski definition) is 1. The number of anilines is 1. The average molecular weight is 253 g/mol. The maximum Gasteiger partial charge on any atom is 0.325 e. The molecule has 5 heteroatoms. The number of esters is 1. The Hall–Kier alpha value is -1.91. The molecule has 18 heavy (non-hydrogen) atoms. The Balaban J connectivity index is 2.60. The molecule has 0 aliphatic rings. The van der Waals surface area contributed by atoms with Crippen molar-refractivity contribution in [2.24, 2.45) is 0 Å². The molecule has 0 aliphatic heterocycles. The zero-order chi connectivity index (χ0) is 13.5. The smallest absolute Gasteiger partial charge is 0.325 e. The van der Waals surface area contributed by atoms with E-state index in [1.807, 2.05) is 19.9 Å². The van der Waals surface area contributed by atoms with E-state index < -0.39 is 0 Å². The second-order valence-electron chi connectivity index (χ2n) is 3.96. The van der Waals surface area contributed by atoms with Gasteiger partial charge in [-0.1, -0.05) is 0 Å². The molecule has 0 spiro atoms. The quantitative estimate of drug-likeness (QED) is 0.786. The Labute approximate surface area is 107 Å². The van der Waals surface area contributed by atoms with Gasteiger partial charge in [0, 0.05) is 11.8 Å². The third-order valence-corrected chi connectivity index (χ3v) is 2.19. The van der Waals surface area contributed by atoms with Gasteiger partial charge in [-0.2, -0.15) is 0 Å². The number of nitrogens with one attached hydrogen (secondary N) is 1. The molecule has 1 aromatic rings. The van der Waals surface area contributed by atoms with Gasteiger partial charge in [-0.25, -0.2) is 0 Å². The molecule has 0 amide bonds. The van der Waals surface area contributed by atoms with E-state index in [4.69, 9.17) is 14.2 Å². The summed E-state index contributed by atoms with van der Waals surface area (Å²) in [7, 11) is 3.14. The van der Waals surface area contributed by atoms with E-state index in [0.717, 1.165) is 5.69 Å². The maximum absolute atomic E-state index is 11.4. The maximum atomic E-state index is 11.4. The van der Waals surface area contributed by atoms with Crippen LogP contribution < -0.4 is 14.8 Å². The van der Waals surface area contributed by atoms with E-state index in [9.17, 15) is 4.79 Å². The molecule has 100 valence electrons. The van der Waals surface area contributed by atoms with E-state index in [-0.39, 0.29) is 18.6 Å². The third-order valence-electron chi connectivity index (χ3n) is 2.19. The summed E-state index contributed by atoms with van der Waals surface area (Å²) in [6.45, 7) is 3.75. The lowest BCUT2D eigenvalue weighted by molar-refractivity contribution is -0.145. The molecule has 0 aromatic heterocycles. The topological polar surface area (TPSA) is 56.8 Å². The number of hydrogen-bond acceptors (Lipinski definition) is 5. The van der Waals surface area contributed by atoms with E-state index in [2.05, 4.69) is 5.32 Å². The summed E-state index contributed by atoms with van der Waals surface area (Å²) in [5, 5.41) is 2.97. The Bertz CT molecular complexity index is 404. The SMILES string of the molecule is COc1ccc(NCC(=O)OC(C)C)cc1OC. The van der Waals surface area contributed by atoms with Crippen molar-refractivity contribution >= 4 is 11.7 Å². The van der Waals surface area contributed by atoms with Crippen LogP contribution in [0.15, 0.2) is 18.2 Å². The highest BCUT2D eigenvalue weighted by Gasteiger charge is 2.07. The summed E-state index contributed by atoms with van der Waals surface area (Å²) in [5.41, 5.74) is 0.772. The summed E-state index contributed by atoms with van der Waals surface area (Å²) in [5.74, 6) is 0.965. The average Bonchev–Trinajstić information content (AvgIpc) is 2.35. The van der Waals surface area contributed by atoms with Crippen LogP contribution in [0.4, 0.5) is 5.69 Å². The molecule has 0 unspecified atom stereocenters. The summed E-state index contributed by atoms with van der Waals surface area (Å²) in [6.07, 6.45) is -0.107. The molecule has 0 radical (unpaired) electrons. The number of rotatable bonds is 6. The Morgan fingerprint density at radius 1 is 1.22 bits per heavy atom. The van der Waals surface area contributed by atoms with Gasteiger partial charge in [-0.15, -0.1) is 0 Å². The van der Waals surface area contributed by atoms with Gasteiger partial charge >= 0.3 is 5.97 Å². The first-order valence-corrected chi connectivity index (χ1v) is 5.72. The molecule has 0 atom stereocenters. The lowest BCUT2D eigenvalue weighted by Crippen LogP contribution is -2.20. The first kappa shape index (κ1) is 14.2. The van der Waals surface area contributed by atoms with Crippen molar-refractivity contribution in [3.63, 3.8) is 0 Å². The minimum atomic E-state index is -0.292. The predicted molar refractivity (Wildman–Crippen MR) is 69.3 cm³/mol. The van der Waals surface area contributed by atoms with Crippen molar-refractivity contribution in [2.45, 2.75) is 20.0 Å². The van der Waals surface area contributed by atoms with Crippen LogP contribution >= 0.6 is 0 Å². The molecular weight excluding hydrogens is 234 g/mol. The van der Waals surface area contributed by atoms with Crippen LogP contribution in [0.25, 0.3) is 0 Å². The standard InChI is InChI=1S/C13H19NO4/c1-9(2)18-13(15)8-14-10-5-6-11(16-3)12(7-10)17-4/h5-7,9,14H,8H2,1-4H3. The van der Waals surface area contributed by atoms with Crippen LogP contribution in [0.3, 0.4) is 0 Å². The summed E-state index contributed by atoms with van der Waals surface area (Å²) >= 11 is 0. The molecule has 0 bridgehead atoms. The zero-order valence-electron chi connectivity index (χ0n) is 11.1. The van der Waals surface area contributed by atoms with Crippen molar-refractivity contribution in [3.05, 3.63) is 18.2 Å². The van der Waals surface area contributed by atoms with E-state index in [1.54, 1.807) is 26.4 Å². The van der Waals surface area contributed by atoms with Crippen molar-refractivity contribution in [3.8, 4) is 11.5 Å². The zero-order valence-corrected chi connectivity index (χ0v) is 11.1. The highest BCUT2D eigenvalue weighted by atomic mass is 16.5. The summed E-state index contributed by atoms with van der Waals surface area (Å²) in [4.78, 5) is 11.4. The van der Waals surface area contributed by atoms with Gasteiger partial charge in [0.2, 0.25) is 0 Å². The van der Waals surface area contributed by atoms with Crippen molar-refractivity contribution < 1.29 is 19.0 Å². The van der Waals surface area contributed by atoms with Gasteiger partial charge in [0.15, 0.2) is 11.5 Å². The molecule has 0 heterocycles. The number of ether oxygens (including phenoxy) is 3.